The number of carboxylic acid groups (broad SMARTS) is 3. The summed E-state index contributed by atoms with van der Waals surface area (Å²) in [5.41, 5.74) is 0.403. The van der Waals surface area contributed by atoms with Crippen LogP contribution >= 0.6 is 0 Å². The summed E-state index contributed by atoms with van der Waals surface area (Å²) in [6.45, 7) is 0.558. The van der Waals surface area contributed by atoms with E-state index in [1.165, 1.54) is 4.90 Å². The molecule has 1 aliphatic carbocycles. The Kier molecular flexibility index (Phi) is 8.79. The van der Waals surface area contributed by atoms with Gasteiger partial charge in [0.1, 0.15) is 12.1 Å². The lowest BCUT2D eigenvalue weighted by Gasteiger charge is -2.42. The fourth-order valence-electron chi connectivity index (χ4n) is 5.44. The third-order valence-corrected chi connectivity index (χ3v) is 7.21. The van der Waals surface area contributed by atoms with E-state index in [1.807, 2.05) is 0 Å². The Balaban J connectivity index is 0.000000261. The number of nitrogens with zero attached hydrogens (tertiary/aromatic N) is 1. The Bertz CT molecular complexity index is 901. The summed E-state index contributed by atoms with van der Waals surface area (Å²) in [5, 5.41) is 38.8. The number of rotatable bonds is 6. The van der Waals surface area contributed by atoms with Gasteiger partial charge >= 0.3 is 17.9 Å². The quantitative estimate of drug-likeness (QED) is 0.398. The van der Waals surface area contributed by atoms with E-state index in [4.69, 9.17) is 15.3 Å². The van der Waals surface area contributed by atoms with Crippen molar-refractivity contribution in [2.75, 3.05) is 19.6 Å². The lowest BCUT2D eigenvalue weighted by atomic mass is 9.69. The normalized spacial score (nSPS) is 30.9. The number of aliphatic carboxylic acids is 3. The highest BCUT2D eigenvalue weighted by atomic mass is 19.3. The van der Waals surface area contributed by atoms with Gasteiger partial charge in [0, 0.05) is 13.0 Å². The standard InChI is InChI=1S/C16H24F2N2O4.C8H8O3/c17-16(18)5-13(15(23)24)20(8-16)7-9-1-2-10-6-19-12(14(21)22)4-11(10)3-9;9-7(8(10)11)6-4-2-1-3-5-6/h9-13,19H,1-8H2,(H,21,22)(H,23,24);1-5,7,9H,(H,10,11). The number of aliphatic hydroxyl groups is 1. The number of piperidine rings is 1. The number of alkyl halides is 2. The minimum absolute atomic E-state index is 0.162. The van der Waals surface area contributed by atoms with Gasteiger partial charge in [0.05, 0.1) is 6.54 Å². The van der Waals surface area contributed by atoms with Crippen LogP contribution in [0.1, 0.15) is 43.8 Å². The van der Waals surface area contributed by atoms with E-state index in [9.17, 15) is 28.3 Å². The van der Waals surface area contributed by atoms with E-state index in [2.05, 4.69) is 5.32 Å². The van der Waals surface area contributed by atoms with Crippen LogP contribution < -0.4 is 5.32 Å². The molecule has 3 fully saturated rings. The number of carboxylic acids is 3. The van der Waals surface area contributed by atoms with Gasteiger partial charge < -0.3 is 25.7 Å². The maximum absolute atomic E-state index is 13.6. The van der Waals surface area contributed by atoms with Crippen molar-refractivity contribution in [2.45, 2.75) is 56.2 Å². The molecule has 2 heterocycles. The molecule has 2 aliphatic heterocycles. The molecule has 2 saturated heterocycles. The number of carbonyl (C=O) groups is 3. The third kappa shape index (κ3) is 7.18. The molecule has 0 spiro atoms. The van der Waals surface area contributed by atoms with Crippen molar-refractivity contribution in [3.8, 4) is 0 Å². The molecule has 6 unspecified atom stereocenters. The number of hydrogen-bond donors (Lipinski definition) is 5. The highest BCUT2D eigenvalue weighted by Gasteiger charge is 2.49. The molecule has 0 radical (unpaired) electrons. The van der Waals surface area contributed by atoms with E-state index in [-0.39, 0.29) is 11.8 Å². The van der Waals surface area contributed by atoms with Gasteiger partial charge in [0.15, 0.2) is 6.10 Å². The summed E-state index contributed by atoms with van der Waals surface area (Å²) in [4.78, 5) is 34.1. The van der Waals surface area contributed by atoms with Gasteiger partial charge in [-0.15, -0.1) is 0 Å². The maximum Gasteiger partial charge on any atom is 0.337 e. The molecular weight excluding hydrogens is 466 g/mol. The van der Waals surface area contributed by atoms with Crippen LogP contribution in [-0.2, 0) is 14.4 Å². The maximum atomic E-state index is 13.6. The molecule has 0 bridgehead atoms. The Hall–Kier alpha value is -2.63. The molecule has 0 amide bonds. The number of benzene rings is 1. The monoisotopic (exact) mass is 498 g/mol. The van der Waals surface area contributed by atoms with Crippen LogP contribution in [0.3, 0.4) is 0 Å². The minimum Gasteiger partial charge on any atom is -0.480 e. The zero-order valence-electron chi connectivity index (χ0n) is 19.2. The first-order valence-corrected chi connectivity index (χ1v) is 11.7. The summed E-state index contributed by atoms with van der Waals surface area (Å²) in [5.74, 6) is -5.33. The van der Waals surface area contributed by atoms with Gasteiger partial charge in [-0.2, -0.15) is 0 Å². The average Bonchev–Trinajstić information content (AvgIpc) is 3.13. The smallest absolute Gasteiger partial charge is 0.337 e. The number of nitrogens with one attached hydrogen (secondary N) is 1. The van der Waals surface area contributed by atoms with Crippen molar-refractivity contribution >= 4 is 17.9 Å². The highest BCUT2D eigenvalue weighted by molar-refractivity contribution is 5.74. The van der Waals surface area contributed by atoms with Crippen LogP contribution in [0.4, 0.5) is 8.78 Å². The zero-order chi connectivity index (χ0) is 25.8. The highest BCUT2D eigenvalue weighted by Crippen LogP contribution is 2.40. The van der Waals surface area contributed by atoms with Crippen molar-refractivity contribution in [3.63, 3.8) is 0 Å². The van der Waals surface area contributed by atoms with Crippen LogP contribution in [0, 0.1) is 17.8 Å². The van der Waals surface area contributed by atoms with Crippen molar-refractivity contribution in [1.82, 2.24) is 10.2 Å². The first kappa shape index (κ1) is 27.0. The molecule has 0 aromatic heterocycles. The number of hydrogen-bond acceptors (Lipinski definition) is 6. The average molecular weight is 499 g/mol. The SMILES string of the molecule is O=C(O)C(O)c1ccccc1.O=C(O)C1CC2CC(CN3CC(F)(F)CC3C(=O)O)CCC2CN1. The van der Waals surface area contributed by atoms with Crippen LogP contribution in [-0.4, -0.2) is 80.9 Å². The second-order valence-electron chi connectivity index (χ2n) is 9.73. The molecular formula is C24H32F2N2O7. The van der Waals surface area contributed by atoms with Crippen molar-refractivity contribution in [1.29, 1.82) is 0 Å². The van der Waals surface area contributed by atoms with Gasteiger partial charge in [-0.25, -0.2) is 13.6 Å². The Morgan fingerprint density at radius 2 is 1.71 bits per heavy atom. The molecule has 1 saturated carbocycles. The summed E-state index contributed by atoms with van der Waals surface area (Å²) in [7, 11) is 0. The number of aliphatic hydroxyl groups excluding tert-OH is 1. The summed E-state index contributed by atoms with van der Waals surface area (Å²) in [6, 6.07) is 6.61. The van der Waals surface area contributed by atoms with Gasteiger partial charge in [-0.3, -0.25) is 14.5 Å². The molecule has 5 N–H and O–H groups in total. The van der Waals surface area contributed by atoms with E-state index >= 15 is 0 Å². The van der Waals surface area contributed by atoms with E-state index in [0.29, 0.717) is 31.0 Å². The molecule has 3 aliphatic rings. The lowest BCUT2D eigenvalue weighted by Crippen LogP contribution is -2.50. The molecule has 9 nitrogen and oxygen atoms in total. The van der Waals surface area contributed by atoms with Gasteiger partial charge in [0.2, 0.25) is 0 Å². The molecule has 35 heavy (non-hydrogen) atoms. The van der Waals surface area contributed by atoms with Crippen LogP contribution in [0.15, 0.2) is 30.3 Å². The van der Waals surface area contributed by atoms with E-state index < -0.39 is 55.0 Å². The van der Waals surface area contributed by atoms with Gasteiger partial charge in [-0.05, 0) is 55.5 Å². The fraction of sp³-hybridized carbons (Fsp3) is 0.625. The largest absolute Gasteiger partial charge is 0.480 e. The summed E-state index contributed by atoms with van der Waals surface area (Å²) in [6.07, 6.45) is 1.16. The number of fused-ring (bicyclic) bond motifs is 1. The molecule has 194 valence electrons. The van der Waals surface area contributed by atoms with Crippen LogP contribution in [0.25, 0.3) is 0 Å². The molecule has 1 aromatic rings. The number of likely N-dealkylation sites (tertiary alicyclic amines) is 1. The topological polar surface area (TPSA) is 147 Å². The van der Waals surface area contributed by atoms with Crippen LogP contribution in [0.2, 0.25) is 0 Å². The molecule has 6 atom stereocenters. The fourth-order valence-corrected chi connectivity index (χ4v) is 5.44. The lowest BCUT2D eigenvalue weighted by molar-refractivity contribution is -0.147. The first-order valence-electron chi connectivity index (χ1n) is 11.7. The third-order valence-electron chi connectivity index (χ3n) is 7.21. The van der Waals surface area contributed by atoms with Crippen molar-refractivity contribution in [3.05, 3.63) is 35.9 Å². The molecule has 11 heteroatoms. The van der Waals surface area contributed by atoms with E-state index in [0.717, 1.165) is 19.3 Å². The zero-order valence-corrected chi connectivity index (χ0v) is 19.2. The molecule has 1 aromatic carbocycles. The van der Waals surface area contributed by atoms with E-state index in [1.54, 1.807) is 30.3 Å². The first-order chi connectivity index (χ1) is 16.5. The van der Waals surface area contributed by atoms with Crippen molar-refractivity contribution < 1.29 is 43.6 Å². The Labute approximate surface area is 201 Å². The second kappa shape index (κ2) is 11.4. The van der Waals surface area contributed by atoms with Crippen molar-refractivity contribution in [2.24, 2.45) is 17.8 Å². The predicted octanol–water partition coefficient (Wildman–Crippen LogP) is 2.06. The summed E-state index contributed by atoms with van der Waals surface area (Å²) >= 11 is 0. The predicted molar refractivity (Wildman–Crippen MR) is 120 cm³/mol. The minimum atomic E-state index is -2.94. The second-order valence-corrected chi connectivity index (χ2v) is 9.73. The van der Waals surface area contributed by atoms with Gasteiger partial charge in [0.25, 0.3) is 5.92 Å². The summed E-state index contributed by atoms with van der Waals surface area (Å²) < 4.78 is 27.2. The number of halogens is 2. The molecule has 4 rings (SSSR count). The van der Waals surface area contributed by atoms with Gasteiger partial charge in [-0.1, -0.05) is 30.3 Å². The Morgan fingerprint density at radius 3 is 2.31 bits per heavy atom. The van der Waals surface area contributed by atoms with Crippen LogP contribution in [0.5, 0.6) is 0 Å². The Morgan fingerprint density at radius 1 is 1.03 bits per heavy atom.